The Balaban J connectivity index is 1.64. The van der Waals surface area contributed by atoms with Crippen LogP contribution in [0.2, 0.25) is 0 Å². The van der Waals surface area contributed by atoms with Crippen molar-refractivity contribution in [2.24, 2.45) is 17.8 Å². The Kier molecular flexibility index (Phi) is 3.69. The summed E-state index contributed by atoms with van der Waals surface area (Å²) in [5.41, 5.74) is 0. The number of piperidine rings is 1. The van der Waals surface area contributed by atoms with Crippen LogP contribution < -0.4 is 0 Å². The lowest BCUT2D eigenvalue weighted by molar-refractivity contribution is -0.175. The van der Waals surface area contributed by atoms with Crippen molar-refractivity contribution in [3.8, 4) is 0 Å². The van der Waals surface area contributed by atoms with Gasteiger partial charge in [0.2, 0.25) is 0 Å². The van der Waals surface area contributed by atoms with Crippen LogP contribution in [0.15, 0.2) is 0 Å². The molecule has 0 N–H and O–H groups in total. The summed E-state index contributed by atoms with van der Waals surface area (Å²) in [5, 5.41) is 0. The first-order valence-corrected chi connectivity index (χ1v) is 6.31. The Bertz CT molecular complexity index is 257. The van der Waals surface area contributed by atoms with Crippen LogP contribution in [0.25, 0.3) is 0 Å². The number of alkyl halides is 3. The van der Waals surface area contributed by atoms with Crippen molar-refractivity contribution in [2.45, 2.75) is 32.5 Å². The number of nitrogens with zero attached hydrogens (tertiary/aromatic N) is 1. The number of rotatable bonds is 5. The Morgan fingerprint density at radius 3 is 2.35 bits per heavy atom. The third-order valence-electron chi connectivity index (χ3n) is 4.19. The van der Waals surface area contributed by atoms with Gasteiger partial charge in [0, 0.05) is 19.1 Å². The summed E-state index contributed by atoms with van der Waals surface area (Å²) in [6, 6.07) is 0.597. The van der Waals surface area contributed by atoms with Gasteiger partial charge < -0.3 is 9.64 Å². The fourth-order valence-corrected chi connectivity index (χ4v) is 2.86. The standard InChI is InChI=1S/C12H20F3NO/c1-3-8(2)16-4-9-10(5-16)11(9)6-17-7-12(13,14)15/h8-11H,3-7H2,1-2H3/t8?,9-,10+,11?. The molecule has 2 unspecified atom stereocenters. The van der Waals surface area contributed by atoms with E-state index in [0.29, 0.717) is 23.8 Å². The second kappa shape index (κ2) is 4.76. The smallest absolute Gasteiger partial charge is 0.372 e. The normalized spacial score (nSPS) is 34.8. The van der Waals surface area contributed by atoms with Gasteiger partial charge in [-0.3, -0.25) is 0 Å². The molecule has 2 aliphatic rings. The van der Waals surface area contributed by atoms with Crippen LogP contribution in [-0.2, 0) is 4.74 Å². The molecule has 0 bridgehead atoms. The summed E-state index contributed by atoms with van der Waals surface area (Å²) in [4.78, 5) is 2.44. The molecule has 0 aromatic carbocycles. The molecule has 1 heterocycles. The summed E-state index contributed by atoms with van der Waals surface area (Å²) in [5.74, 6) is 1.53. The topological polar surface area (TPSA) is 12.5 Å². The van der Waals surface area contributed by atoms with Gasteiger partial charge in [0.15, 0.2) is 0 Å². The average molecular weight is 251 g/mol. The van der Waals surface area contributed by atoms with Crippen LogP contribution in [-0.4, -0.2) is 43.4 Å². The molecule has 1 aliphatic carbocycles. The highest BCUT2D eigenvalue weighted by Crippen LogP contribution is 2.52. The van der Waals surface area contributed by atoms with Crippen molar-refractivity contribution in [2.75, 3.05) is 26.3 Å². The van der Waals surface area contributed by atoms with Crippen LogP contribution in [0.1, 0.15) is 20.3 Å². The van der Waals surface area contributed by atoms with Gasteiger partial charge in [-0.25, -0.2) is 0 Å². The number of likely N-dealkylation sites (tertiary alicyclic amines) is 1. The maximum absolute atomic E-state index is 11.9. The molecule has 0 amide bonds. The fourth-order valence-electron chi connectivity index (χ4n) is 2.86. The number of ether oxygens (including phenoxy) is 1. The van der Waals surface area contributed by atoms with Crippen molar-refractivity contribution < 1.29 is 17.9 Å². The van der Waals surface area contributed by atoms with Crippen molar-refractivity contribution in [1.29, 1.82) is 0 Å². The maximum atomic E-state index is 11.9. The summed E-state index contributed by atoms with van der Waals surface area (Å²) < 4.78 is 40.4. The Labute approximate surface area is 100 Å². The van der Waals surface area contributed by atoms with Gasteiger partial charge in [-0.1, -0.05) is 6.92 Å². The van der Waals surface area contributed by atoms with Gasteiger partial charge in [0.25, 0.3) is 0 Å². The van der Waals surface area contributed by atoms with E-state index in [4.69, 9.17) is 4.74 Å². The zero-order chi connectivity index (χ0) is 12.6. The highest BCUT2D eigenvalue weighted by molar-refractivity contribution is 5.05. The SMILES string of the molecule is CCC(C)N1C[C@@H]2C(COCC(F)(F)F)[C@@H]2C1. The van der Waals surface area contributed by atoms with Crippen LogP contribution in [0.4, 0.5) is 13.2 Å². The predicted molar refractivity (Wildman–Crippen MR) is 58.7 cm³/mol. The molecule has 0 spiro atoms. The van der Waals surface area contributed by atoms with Crippen LogP contribution in [0.3, 0.4) is 0 Å². The highest BCUT2D eigenvalue weighted by Gasteiger charge is 2.55. The number of halogens is 3. The van der Waals surface area contributed by atoms with E-state index >= 15 is 0 Å². The molecule has 4 atom stereocenters. The molecule has 0 aromatic rings. The lowest BCUT2D eigenvalue weighted by atomic mass is 10.2. The fraction of sp³-hybridized carbons (Fsp3) is 1.00. The zero-order valence-corrected chi connectivity index (χ0v) is 10.3. The van der Waals surface area contributed by atoms with Gasteiger partial charge in [-0.2, -0.15) is 13.2 Å². The molecule has 2 fully saturated rings. The third kappa shape index (κ3) is 3.13. The number of hydrogen-bond donors (Lipinski definition) is 0. The Hall–Kier alpha value is -0.290. The minimum Gasteiger partial charge on any atom is -0.372 e. The average Bonchev–Trinajstić information content (AvgIpc) is 2.72. The Morgan fingerprint density at radius 1 is 1.29 bits per heavy atom. The minimum absolute atomic E-state index is 0.281. The van der Waals surface area contributed by atoms with Gasteiger partial charge in [-0.05, 0) is 31.1 Å². The molecule has 0 aromatic heterocycles. The number of hydrogen-bond acceptors (Lipinski definition) is 2. The first-order valence-electron chi connectivity index (χ1n) is 6.31. The predicted octanol–water partition coefficient (Wildman–Crippen LogP) is 2.54. The highest BCUT2D eigenvalue weighted by atomic mass is 19.4. The van der Waals surface area contributed by atoms with E-state index in [1.807, 2.05) is 0 Å². The molecule has 2 rings (SSSR count). The van der Waals surface area contributed by atoms with Crippen LogP contribution in [0, 0.1) is 17.8 Å². The summed E-state index contributed by atoms with van der Waals surface area (Å²) in [6.07, 6.45) is -3.05. The summed E-state index contributed by atoms with van der Waals surface area (Å²) >= 11 is 0. The second-order valence-corrected chi connectivity index (χ2v) is 5.33. The van der Waals surface area contributed by atoms with Crippen molar-refractivity contribution in [3.63, 3.8) is 0 Å². The van der Waals surface area contributed by atoms with E-state index < -0.39 is 12.8 Å². The first-order chi connectivity index (χ1) is 7.92. The molecule has 1 saturated heterocycles. The van der Waals surface area contributed by atoms with Gasteiger partial charge in [0.05, 0.1) is 6.61 Å². The van der Waals surface area contributed by atoms with Crippen molar-refractivity contribution in [3.05, 3.63) is 0 Å². The quantitative estimate of drug-likeness (QED) is 0.744. The molecular formula is C12H20F3NO. The maximum Gasteiger partial charge on any atom is 0.411 e. The molecular weight excluding hydrogens is 231 g/mol. The van der Waals surface area contributed by atoms with E-state index in [1.165, 1.54) is 0 Å². The van der Waals surface area contributed by atoms with Gasteiger partial charge in [-0.15, -0.1) is 0 Å². The molecule has 5 heteroatoms. The van der Waals surface area contributed by atoms with Crippen molar-refractivity contribution >= 4 is 0 Å². The van der Waals surface area contributed by atoms with Gasteiger partial charge >= 0.3 is 6.18 Å². The lowest BCUT2D eigenvalue weighted by Crippen LogP contribution is -2.33. The van der Waals surface area contributed by atoms with E-state index in [1.54, 1.807) is 0 Å². The summed E-state index contributed by atoms with van der Waals surface area (Å²) in [6.45, 7) is 5.64. The minimum atomic E-state index is -4.19. The number of fused-ring (bicyclic) bond motifs is 1. The van der Waals surface area contributed by atoms with E-state index in [0.717, 1.165) is 19.5 Å². The first kappa shape index (κ1) is 13.1. The molecule has 100 valence electrons. The molecule has 2 nitrogen and oxygen atoms in total. The molecule has 17 heavy (non-hydrogen) atoms. The lowest BCUT2D eigenvalue weighted by Gasteiger charge is -2.25. The van der Waals surface area contributed by atoms with Crippen LogP contribution in [0.5, 0.6) is 0 Å². The summed E-state index contributed by atoms with van der Waals surface area (Å²) in [7, 11) is 0. The molecule has 0 radical (unpaired) electrons. The monoisotopic (exact) mass is 251 g/mol. The second-order valence-electron chi connectivity index (χ2n) is 5.33. The third-order valence-corrected chi connectivity index (χ3v) is 4.19. The molecule has 1 aliphatic heterocycles. The van der Waals surface area contributed by atoms with Gasteiger partial charge in [0.1, 0.15) is 6.61 Å². The van der Waals surface area contributed by atoms with Crippen LogP contribution >= 0.6 is 0 Å². The van der Waals surface area contributed by atoms with E-state index in [-0.39, 0.29) is 6.61 Å². The largest absolute Gasteiger partial charge is 0.411 e. The zero-order valence-electron chi connectivity index (χ0n) is 10.3. The Morgan fingerprint density at radius 2 is 1.88 bits per heavy atom. The van der Waals surface area contributed by atoms with E-state index in [9.17, 15) is 13.2 Å². The van der Waals surface area contributed by atoms with E-state index in [2.05, 4.69) is 18.7 Å². The molecule has 1 saturated carbocycles. The van der Waals surface area contributed by atoms with Crippen molar-refractivity contribution in [1.82, 2.24) is 4.90 Å².